The van der Waals surface area contributed by atoms with Crippen LogP contribution in [0.5, 0.6) is 0 Å². The summed E-state index contributed by atoms with van der Waals surface area (Å²) >= 11 is 0. The Balaban J connectivity index is 1.39. The van der Waals surface area contributed by atoms with Gasteiger partial charge in [0.15, 0.2) is 0 Å². The molecule has 1 N–H and O–H groups in total. The standard InChI is InChI=1S/C35H49N3O/c39-30-17-15-29(16-18-30)38-34-31-23-28(14-19-32(31)36-25-37-34)33(27-12-8-3-1-2-4-9-13-27)35-21-10-6-5-7-11-26(24-35)20-22-35/h8,12,14,19,23,25-27,29,33H,1-7,9-11,13,15-18,20-22,24H2,(H,36,37,38)/b12-8-. The Bertz CT molecular complexity index is 1150. The van der Waals surface area contributed by atoms with Crippen molar-refractivity contribution in [2.75, 3.05) is 5.32 Å². The third-order valence-corrected chi connectivity index (χ3v) is 10.8. The van der Waals surface area contributed by atoms with E-state index in [4.69, 9.17) is 4.98 Å². The van der Waals surface area contributed by atoms with Gasteiger partial charge in [-0.05, 0) is 98.7 Å². The van der Waals surface area contributed by atoms with E-state index in [1.807, 2.05) is 0 Å². The maximum Gasteiger partial charge on any atom is 0.137 e. The Morgan fingerprint density at radius 2 is 1.67 bits per heavy atom. The van der Waals surface area contributed by atoms with Gasteiger partial charge >= 0.3 is 0 Å². The number of allylic oxidation sites excluding steroid dienone is 2. The van der Waals surface area contributed by atoms with Crippen LogP contribution in [0.3, 0.4) is 0 Å². The number of carbonyl (C=O) groups is 1. The molecule has 210 valence electrons. The van der Waals surface area contributed by atoms with E-state index in [0.29, 0.717) is 41.9 Å². The molecule has 0 radical (unpaired) electrons. The number of nitrogens with one attached hydrogen (secondary N) is 1. The van der Waals surface area contributed by atoms with Crippen molar-refractivity contribution < 1.29 is 4.79 Å². The molecule has 0 spiro atoms. The van der Waals surface area contributed by atoms with Gasteiger partial charge in [0.1, 0.15) is 17.9 Å². The van der Waals surface area contributed by atoms with Crippen molar-refractivity contribution in [3.05, 3.63) is 42.2 Å². The lowest BCUT2D eigenvalue weighted by molar-refractivity contribution is -0.120. The van der Waals surface area contributed by atoms with Gasteiger partial charge in [0.2, 0.25) is 0 Å². The monoisotopic (exact) mass is 527 g/mol. The summed E-state index contributed by atoms with van der Waals surface area (Å²) in [4.78, 5) is 21.3. The lowest BCUT2D eigenvalue weighted by atomic mass is 9.61. The highest BCUT2D eigenvalue weighted by Gasteiger charge is 2.47. The van der Waals surface area contributed by atoms with Crippen LogP contribution < -0.4 is 5.32 Å². The smallest absolute Gasteiger partial charge is 0.137 e. The first kappa shape index (κ1) is 27.0. The number of benzene rings is 1. The van der Waals surface area contributed by atoms with Gasteiger partial charge in [-0.2, -0.15) is 0 Å². The zero-order valence-corrected chi connectivity index (χ0v) is 24.0. The molecule has 1 aromatic carbocycles. The molecule has 4 heteroatoms. The van der Waals surface area contributed by atoms with Crippen LogP contribution in [0.15, 0.2) is 36.7 Å². The quantitative estimate of drug-likeness (QED) is 0.394. The van der Waals surface area contributed by atoms with E-state index in [2.05, 4.69) is 40.7 Å². The summed E-state index contributed by atoms with van der Waals surface area (Å²) < 4.78 is 0. The molecule has 2 bridgehead atoms. The maximum absolute atomic E-state index is 11.8. The van der Waals surface area contributed by atoms with Crippen molar-refractivity contribution in [1.29, 1.82) is 0 Å². The topological polar surface area (TPSA) is 54.9 Å². The molecule has 1 heterocycles. The Kier molecular flexibility index (Phi) is 8.66. The van der Waals surface area contributed by atoms with Crippen molar-refractivity contribution in [2.24, 2.45) is 17.3 Å². The number of hydrogen-bond acceptors (Lipinski definition) is 4. The lowest BCUT2D eigenvalue weighted by Crippen LogP contribution is -2.32. The van der Waals surface area contributed by atoms with Crippen LogP contribution in [0.1, 0.15) is 133 Å². The summed E-state index contributed by atoms with van der Waals surface area (Å²) in [5.74, 6) is 3.46. The molecular weight excluding hydrogens is 478 g/mol. The van der Waals surface area contributed by atoms with E-state index < -0.39 is 0 Å². The first-order chi connectivity index (χ1) is 19.2. The average molecular weight is 528 g/mol. The highest BCUT2D eigenvalue weighted by molar-refractivity contribution is 5.89. The Morgan fingerprint density at radius 1 is 0.846 bits per heavy atom. The van der Waals surface area contributed by atoms with Gasteiger partial charge in [0, 0.05) is 24.3 Å². The highest BCUT2D eigenvalue weighted by atomic mass is 16.1. The fraction of sp³-hybridized carbons (Fsp3) is 0.686. The molecule has 4 aliphatic carbocycles. The molecule has 2 aromatic rings. The second kappa shape index (κ2) is 12.5. The van der Waals surface area contributed by atoms with Gasteiger partial charge in [0.05, 0.1) is 5.52 Å². The zero-order valence-electron chi connectivity index (χ0n) is 24.0. The minimum atomic E-state index is 0.320. The van der Waals surface area contributed by atoms with E-state index in [9.17, 15) is 4.79 Å². The van der Waals surface area contributed by atoms with E-state index in [1.165, 1.54) is 102 Å². The summed E-state index contributed by atoms with van der Waals surface area (Å²) in [6.45, 7) is 0. The number of hydrogen-bond donors (Lipinski definition) is 1. The van der Waals surface area contributed by atoms with Crippen molar-refractivity contribution in [1.82, 2.24) is 9.97 Å². The van der Waals surface area contributed by atoms with Crippen molar-refractivity contribution in [3.8, 4) is 0 Å². The Hall–Kier alpha value is -2.23. The fourth-order valence-electron chi connectivity index (χ4n) is 8.80. The summed E-state index contributed by atoms with van der Waals surface area (Å²) in [6.07, 6.45) is 30.8. The normalized spacial score (nSPS) is 30.8. The predicted octanol–water partition coefficient (Wildman–Crippen LogP) is 9.30. The molecule has 0 aliphatic heterocycles. The van der Waals surface area contributed by atoms with Crippen LogP contribution >= 0.6 is 0 Å². The second-order valence-electron chi connectivity index (χ2n) is 13.4. The van der Waals surface area contributed by atoms with Crippen LogP contribution in [0.2, 0.25) is 0 Å². The highest BCUT2D eigenvalue weighted by Crippen LogP contribution is 2.59. The van der Waals surface area contributed by atoms with Gasteiger partial charge < -0.3 is 5.32 Å². The molecule has 3 saturated carbocycles. The molecule has 0 amide bonds. The fourth-order valence-corrected chi connectivity index (χ4v) is 8.80. The molecule has 0 saturated heterocycles. The van der Waals surface area contributed by atoms with E-state index in [-0.39, 0.29) is 0 Å². The predicted molar refractivity (Wildman–Crippen MR) is 161 cm³/mol. The molecule has 3 fully saturated rings. The summed E-state index contributed by atoms with van der Waals surface area (Å²) in [6, 6.07) is 7.50. The number of fused-ring (bicyclic) bond motifs is 3. The minimum Gasteiger partial charge on any atom is -0.367 e. The zero-order chi connectivity index (χ0) is 26.5. The van der Waals surface area contributed by atoms with Crippen LogP contribution in [0.4, 0.5) is 5.82 Å². The molecule has 6 rings (SSSR count). The Morgan fingerprint density at radius 3 is 2.56 bits per heavy atom. The number of rotatable bonds is 5. The van der Waals surface area contributed by atoms with Crippen LogP contribution in [-0.2, 0) is 4.79 Å². The molecule has 4 aliphatic rings. The van der Waals surface area contributed by atoms with Crippen LogP contribution in [-0.4, -0.2) is 21.8 Å². The lowest BCUT2D eigenvalue weighted by Gasteiger charge is -2.43. The van der Waals surface area contributed by atoms with Crippen molar-refractivity contribution >= 4 is 22.5 Å². The number of aromatic nitrogens is 2. The molecule has 4 atom stereocenters. The molecule has 4 unspecified atom stereocenters. The van der Waals surface area contributed by atoms with Crippen LogP contribution in [0.25, 0.3) is 10.9 Å². The molecule has 1 aromatic heterocycles. The number of carbonyl (C=O) groups excluding carboxylic acids is 1. The van der Waals surface area contributed by atoms with Gasteiger partial charge in [-0.25, -0.2) is 9.97 Å². The van der Waals surface area contributed by atoms with Gasteiger partial charge in [-0.1, -0.05) is 69.6 Å². The molecule has 39 heavy (non-hydrogen) atoms. The minimum absolute atomic E-state index is 0.320. The van der Waals surface area contributed by atoms with Crippen molar-refractivity contribution in [2.45, 2.75) is 134 Å². The number of nitrogens with zero attached hydrogens (tertiary/aromatic N) is 2. The summed E-state index contributed by atoms with van der Waals surface area (Å²) in [5, 5.41) is 4.90. The third kappa shape index (κ3) is 6.25. The van der Waals surface area contributed by atoms with Gasteiger partial charge in [-0.15, -0.1) is 0 Å². The van der Waals surface area contributed by atoms with E-state index in [0.717, 1.165) is 35.5 Å². The maximum atomic E-state index is 11.8. The molecular formula is C35H49N3O. The average Bonchev–Trinajstić information content (AvgIpc) is 3.45. The summed E-state index contributed by atoms with van der Waals surface area (Å²) in [7, 11) is 0. The van der Waals surface area contributed by atoms with E-state index in [1.54, 1.807) is 6.33 Å². The number of anilines is 1. The third-order valence-electron chi connectivity index (χ3n) is 10.8. The first-order valence-corrected chi connectivity index (χ1v) is 16.4. The molecule has 4 nitrogen and oxygen atoms in total. The summed E-state index contributed by atoms with van der Waals surface area (Å²) in [5.41, 5.74) is 2.97. The number of ketones is 1. The number of Topliss-reactive ketones (excluding diaryl/α,β-unsaturated/α-hetero) is 1. The second-order valence-corrected chi connectivity index (χ2v) is 13.4. The van der Waals surface area contributed by atoms with Crippen molar-refractivity contribution in [3.63, 3.8) is 0 Å². The van der Waals surface area contributed by atoms with Crippen LogP contribution in [0, 0.1) is 17.3 Å². The Labute approximate surface area is 235 Å². The SMILES string of the molecule is O=C1CCC(Nc2ncnc3ccc(C(C4/C=C\CCCCCC4)C45CCCCCCC(CC4)C5)cc23)CC1. The largest absolute Gasteiger partial charge is 0.367 e. The van der Waals surface area contributed by atoms with Gasteiger partial charge in [0.25, 0.3) is 0 Å². The van der Waals surface area contributed by atoms with E-state index >= 15 is 0 Å². The first-order valence-electron chi connectivity index (χ1n) is 16.4. The van der Waals surface area contributed by atoms with Gasteiger partial charge in [-0.3, -0.25) is 4.79 Å².